The van der Waals surface area contributed by atoms with Crippen molar-refractivity contribution in [2.45, 2.75) is 32.2 Å². The summed E-state index contributed by atoms with van der Waals surface area (Å²) in [5.41, 5.74) is 1.21. The Hall–Kier alpha value is -0.0200. The predicted molar refractivity (Wildman–Crippen MR) is 72.3 cm³/mol. The Kier molecular flexibility index (Phi) is 3.73. The number of rotatable bonds is 2. The van der Waals surface area contributed by atoms with Crippen molar-refractivity contribution in [3.05, 3.63) is 27.1 Å². The summed E-state index contributed by atoms with van der Waals surface area (Å²) in [4.78, 5) is 0. The van der Waals surface area contributed by atoms with E-state index in [1.165, 1.54) is 24.9 Å². The first-order valence-electron chi connectivity index (χ1n) is 5.37. The van der Waals surface area contributed by atoms with E-state index >= 15 is 0 Å². The van der Waals surface area contributed by atoms with Gasteiger partial charge >= 0.3 is 0 Å². The minimum absolute atomic E-state index is 0.650. The van der Waals surface area contributed by atoms with Crippen LogP contribution in [0.1, 0.15) is 26.2 Å². The topological polar surface area (TPSA) is 12.0 Å². The van der Waals surface area contributed by atoms with Gasteiger partial charge in [0.15, 0.2) is 0 Å². The Labute approximate surface area is 108 Å². The second-order valence-electron chi connectivity index (χ2n) is 4.38. The van der Waals surface area contributed by atoms with Gasteiger partial charge in [-0.1, -0.05) is 22.9 Å². The third-order valence-corrected chi connectivity index (χ3v) is 4.13. The van der Waals surface area contributed by atoms with E-state index in [-0.39, 0.29) is 0 Å². The van der Waals surface area contributed by atoms with Gasteiger partial charge in [-0.15, -0.1) is 0 Å². The van der Waals surface area contributed by atoms with Crippen LogP contribution in [0.3, 0.4) is 0 Å². The van der Waals surface area contributed by atoms with E-state index in [1.54, 1.807) is 0 Å². The molecule has 15 heavy (non-hydrogen) atoms. The van der Waals surface area contributed by atoms with Gasteiger partial charge in [-0.3, -0.25) is 0 Å². The highest BCUT2D eigenvalue weighted by Crippen LogP contribution is 2.31. The molecule has 1 aliphatic carbocycles. The predicted octanol–water partition coefficient (Wildman–Crippen LogP) is 4.81. The van der Waals surface area contributed by atoms with Crippen molar-refractivity contribution in [1.82, 2.24) is 0 Å². The van der Waals surface area contributed by atoms with Crippen molar-refractivity contribution < 1.29 is 0 Å². The zero-order chi connectivity index (χ0) is 10.8. The number of benzene rings is 1. The average molecular weight is 333 g/mol. The summed E-state index contributed by atoms with van der Waals surface area (Å²) in [5.74, 6) is 0.872. The summed E-state index contributed by atoms with van der Waals surface area (Å²) in [5, 5.41) is 3.60. The van der Waals surface area contributed by atoms with Crippen LogP contribution < -0.4 is 5.32 Å². The second kappa shape index (κ2) is 4.88. The smallest absolute Gasteiger partial charge is 0.0487 e. The van der Waals surface area contributed by atoms with Gasteiger partial charge in [-0.25, -0.2) is 0 Å². The molecule has 2 unspecified atom stereocenters. The number of hydrogen-bond donors (Lipinski definition) is 1. The first-order chi connectivity index (χ1) is 7.15. The van der Waals surface area contributed by atoms with Crippen LogP contribution in [0.25, 0.3) is 0 Å². The third kappa shape index (κ3) is 2.97. The van der Waals surface area contributed by atoms with Crippen LogP contribution in [-0.2, 0) is 0 Å². The molecule has 2 rings (SSSR count). The Balaban J connectivity index is 2.04. The SMILES string of the molecule is CC1CCC(Nc2ccc(Br)cc2Br)C1. The van der Waals surface area contributed by atoms with Crippen LogP contribution >= 0.6 is 31.9 Å². The van der Waals surface area contributed by atoms with E-state index in [1.807, 2.05) is 0 Å². The first-order valence-corrected chi connectivity index (χ1v) is 6.95. The fourth-order valence-corrected chi connectivity index (χ4v) is 3.33. The van der Waals surface area contributed by atoms with Gasteiger partial charge in [0, 0.05) is 20.7 Å². The van der Waals surface area contributed by atoms with E-state index in [2.05, 4.69) is 62.3 Å². The monoisotopic (exact) mass is 331 g/mol. The van der Waals surface area contributed by atoms with Crippen LogP contribution in [0, 0.1) is 5.92 Å². The third-order valence-electron chi connectivity index (χ3n) is 2.99. The van der Waals surface area contributed by atoms with Crippen molar-refractivity contribution in [1.29, 1.82) is 0 Å². The van der Waals surface area contributed by atoms with Gasteiger partial charge in [-0.2, -0.15) is 0 Å². The van der Waals surface area contributed by atoms with Gasteiger partial charge in [0.2, 0.25) is 0 Å². The quantitative estimate of drug-likeness (QED) is 0.819. The van der Waals surface area contributed by atoms with E-state index in [0.29, 0.717) is 6.04 Å². The lowest BCUT2D eigenvalue weighted by Gasteiger charge is -2.15. The highest BCUT2D eigenvalue weighted by Gasteiger charge is 2.21. The van der Waals surface area contributed by atoms with Crippen molar-refractivity contribution in [2.24, 2.45) is 5.92 Å². The molecule has 1 nitrogen and oxygen atoms in total. The Bertz CT molecular complexity index is 351. The maximum Gasteiger partial charge on any atom is 0.0487 e. The number of nitrogens with one attached hydrogen (secondary N) is 1. The van der Waals surface area contributed by atoms with Crippen LogP contribution in [0.4, 0.5) is 5.69 Å². The van der Waals surface area contributed by atoms with E-state index in [4.69, 9.17) is 0 Å². The maximum atomic E-state index is 3.60. The molecule has 0 spiro atoms. The van der Waals surface area contributed by atoms with E-state index < -0.39 is 0 Å². The summed E-state index contributed by atoms with van der Waals surface area (Å²) < 4.78 is 2.25. The number of anilines is 1. The van der Waals surface area contributed by atoms with Crippen LogP contribution in [0.2, 0.25) is 0 Å². The van der Waals surface area contributed by atoms with Crippen molar-refractivity contribution in [3.63, 3.8) is 0 Å². The lowest BCUT2D eigenvalue weighted by molar-refractivity contribution is 0.602. The Morgan fingerprint density at radius 1 is 1.27 bits per heavy atom. The summed E-state index contributed by atoms with van der Waals surface area (Å²) >= 11 is 7.04. The van der Waals surface area contributed by atoms with Crippen LogP contribution in [0.15, 0.2) is 27.1 Å². The highest BCUT2D eigenvalue weighted by atomic mass is 79.9. The number of hydrogen-bond acceptors (Lipinski definition) is 1. The number of halogens is 2. The molecule has 82 valence electrons. The van der Waals surface area contributed by atoms with Gasteiger partial charge in [-0.05, 0) is 59.3 Å². The normalized spacial score (nSPS) is 25.5. The lowest BCUT2D eigenvalue weighted by Crippen LogP contribution is -2.15. The molecular weight excluding hydrogens is 318 g/mol. The van der Waals surface area contributed by atoms with Gasteiger partial charge in [0.1, 0.15) is 0 Å². The molecule has 1 aliphatic rings. The molecule has 1 N–H and O–H groups in total. The molecule has 1 saturated carbocycles. The molecule has 2 atom stereocenters. The van der Waals surface area contributed by atoms with Gasteiger partial charge in [0.25, 0.3) is 0 Å². The summed E-state index contributed by atoms with van der Waals surface area (Å²) in [6.45, 7) is 2.33. The van der Waals surface area contributed by atoms with E-state index in [9.17, 15) is 0 Å². The van der Waals surface area contributed by atoms with Crippen molar-refractivity contribution in [2.75, 3.05) is 5.32 Å². The second-order valence-corrected chi connectivity index (χ2v) is 6.15. The molecule has 0 saturated heterocycles. The molecule has 1 aromatic rings. The molecule has 0 aromatic heterocycles. The summed E-state index contributed by atoms with van der Waals surface area (Å²) in [6, 6.07) is 6.93. The van der Waals surface area contributed by atoms with E-state index in [0.717, 1.165) is 14.9 Å². The zero-order valence-corrected chi connectivity index (χ0v) is 11.9. The lowest BCUT2D eigenvalue weighted by atomic mass is 10.1. The average Bonchev–Trinajstić information content (AvgIpc) is 2.56. The fourth-order valence-electron chi connectivity index (χ4n) is 2.16. The summed E-state index contributed by atoms with van der Waals surface area (Å²) in [6.07, 6.45) is 3.94. The van der Waals surface area contributed by atoms with Crippen molar-refractivity contribution in [3.8, 4) is 0 Å². The highest BCUT2D eigenvalue weighted by molar-refractivity contribution is 9.11. The molecule has 1 fully saturated rings. The van der Waals surface area contributed by atoms with Gasteiger partial charge < -0.3 is 5.32 Å². The minimum Gasteiger partial charge on any atom is -0.381 e. The molecule has 0 radical (unpaired) electrons. The fraction of sp³-hybridized carbons (Fsp3) is 0.500. The van der Waals surface area contributed by atoms with Crippen LogP contribution in [-0.4, -0.2) is 6.04 Å². The molecule has 0 bridgehead atoms. The first kappa shape index (κ1) is 11.5. The molecule has 0 amide bonds. The minimum atomic E-state index is 0.650. The Morgan fingerprint density at radius 2 is 2.07 bits per heavy atom. The molecule has 3 heteroatoms. The zero-order valence-electron chi connectivity index (χ0n) is 8.76. The van der Waals surface area contributed by atoms with Gasteiger partial charge in [0.05, 0.1) is 0 Å². The molecule has 0 heterocycles. The molecule has 1 aromatic carbocycles. The molecule has 0 aliphatic heterocycles. The standard InChI is InChI=1S/C12H15Br2N/c1-8-2-4-10(6-8)15-12-5-3-9(13)7-11(12)14/h3,5,7-8,10,15H,2,4,6H2,1H3. The Morgan fingerprint density at radius 3 is 2.67 bits per heavy atom. The van der Waals surface area contributed by atoms with Crippen LogP contribution in [0.5, 0.6) is 0 Å². The maximum absolute atomic E-state index is 3.60. The van der Waals surface area contributed by atoms with Crippen molar-refractivity contribution >= 4 is 37.5 Å². The largest absolute Gasteiger partial charge is 0.381 e. The summed E-state index contributed by atoms with van der Waals surface area (Å²) in [7, 11) is 0. The molecular formula is C12H15Br2N.